The fourth-order valence-electron chi connectivity index (χ4n) is 1.83. The zero-order valence-electron chi connectivity index (χ0n) is 10.5. The van der Waals surface area contributed by atoms with E-state index in [1.165, 1.54) is 24.1 Å². The minimum Gasteiger partial charge on any atom is -0.310 e. The number of rotatable bonds is 6. The van der Waals surface area contributed by atoms with Crippen molar-refractivity contribution in [3.8, 4) is 0 Å². The first kappa shape index (κ1) is 13.2. The molecular formula is C14H22FN. The molecule has 0 fully saturated rings. The maximum absolute atomic E-state index is 12.8. The predicted octanol–water partition coefficient (Wildman–Crippen LogP) is 3.91. The summed E-state index contributed by atoms with van der Waals surface area (Å²) in [5.41, 5.74) is 1.18. The summed E-state index contributed by atoms with van der Waals surface area (Å²) in [5.74, 6) is 0.546. The zero-order chi connectivity index (χ0) is 12.0. The van der Waals surface area contributed by atoms with Gasteiger partial charge < -0.3 is 5.32 Å². The largest absolute Gasteiger partial charge is 0.310 e. The number of benzene rings is 1. The SMILES string of the molecule is CCNC(CCC(C)C)c1ccc(F)cc1. The standard InChI is InChI=1S/C14H22FN/c1-4-16-14(10-5-11(2)3)12-6-8-13(15)9-7-12/h6-9,11,14,16H,4-5,10H2,1-3H3. The molecule has 0 aliphatic rings. The molecule has 0 aliphatic heterocycles. The molecule has 0 saturated heterocycles. The van der Waals surface area contributed by atoms with Crippen molar-refractivity contribution < 1.29 is 4.39 Å². The number of hydrogen-bond donors (Lipinski definition) is 1. The fourth-order valence-corrected chi connectivity index (χ4v) is 1.83. The summed E-state index contributed by atoms with van der Waals surface area (Å²) in [6, 6.07) is 7.18. The highest BCUT2D eigenvalue weighted by Crippen LogP contribution is 2.21. The van der Waals surface area contributed by atoms with Gasteiger partial charge in [0.05, 0.1) is 0 Å². The molecule has 2 heteroatoms. The lowest BCUT2D eigenvalue weighted by Gasteiger charge is -2.19. The van der Waals surface area contributed by atoms with Crippen LogP contribution in [0.4, 0.5) is 4.39 Å². The Morgan fingerprint density at radius 1 is 1.12 bits per heavy atom. The van der Waals surface area contributed by atoms with Gasteiger partial charge in [-0.15, -0.1) is 0 Å². The molecule has 1 aromatic rings. The van der Waals surface area contributed by atoms with Gasteiger partial charge in [0.2, 0.25) is 0 Å². The van der Waals surface area contributed by atoms with Gasteiger partial charge in [-0.1, -0.05) is 32.9 Å². The third-order valence-electron chi connectivity index (χ3n) is 2.76. The number of hydrogen-bond acceptors (Lipinski definition) is 1. The Hall–Kier alpha value is -0.890. The average molecular weight is 223 g/mol. The summed E-state index contributed by atoms with van der Waals surface area (Å²) in [6.07, 6.45) is 2.30. The van der Waals surface area contributed by atoms with Gasteiger partial charge in [-0.2, -0.15) is 0 Å². The van der Waals surface area contributed by atoms with E-state index in [0.717, 1.165) is 13.0 Å². The molecule has 0 heterocycles. The summed E-state index contributed by atoms with van der Waals surface area (Å²) in [6.45, 7) is 7.51. The van der Waals surface area contributed by atoms with E-state index in [9.17, 15) is 4.39 Å². The van der Waals surface area contributed by atoms with E-state index in [1.54, 1.807) is 0 Å². The minimum atomic E-state index is -0.164. The molecule has 1 unspecified atom stereocenters. The zero-order valence-corrected chi connectivity index (χ0v) is 10.5. The van der Waals surface area contributed by atoms with Crippen molar-refractivity contribution in [2.45, 2.75) is 39.7 Å². The van der Waals surface area contributed by atoms with Crippen LogP contribution in [0.3, 0.4) is 0 Å². The van der Waals surface area contributed by atoms with Gasteiger partial charge in [0.25, 0.3) is 0 Å². The van der Waals surface area contributed by atoms with Crippen molar-refractivity contribution in [2.24, 2.45) is 5.92 Å². The molecule has 1 rings (SSSR count). The second-order valence-electron chi connectivity index (χ2n) is 4.63. The fraction of sp³-hybridized carbons (Fsp3) is 0.571. The average Bonchev–Trinajstić information content (AvgIpc) is 2.25. The quantitative estimate of drug-likeness (QED) is 0.771. The Bertz CT molecular complexity index is 292. The van der Waals surface area contributed by atoms with Gasteiger partial charge in [0.1, 0.15) is 5.82 Å². The molecule has 0 bridgehead atoms. The molecule has 0 aliphatic carbocycles. The summed E-state index contributed by atoms with van der Waals surface area (Å²) in [5, 5.41) is 3.45. The van der Waals surface area contributed by atoms with Crippen LogP contribution >= 0.6 is 0 Å². The van der Waals surface area contributed by atoms with E-state index in [2.05, 4.69) is 26.1 Å². The van der Waals surface area contributed by atoms with Crippen LogP contribution in [0.5, 0.6) is 0 Å². The maximum Gasteiger partial charge on any atom is 0.123 e. The summed E-state index contributed by atoms with van der Waals surface area (Å²) >= 11 is 0. The summed E-state index contributed by atoms with van der Waals surface area (Å²) < 4.78 is 12.8. The molecule has 0 radical (unpaired) electrons. The van der Waals surface area contributed by atoms with E-state index >= 15 is 0 Å². The summed E-state index contributed by atoms with van der Waals surface area (Å²) in [7, 11) is 0. The van der Waals surface area contributed by atoms with Gasteiger partial charge in [0.15, 0.2) is 0 Å². The highest BCUT2D eigenvalue weighted by molar-refractivity contribution is 5.19. The van der Waals surface area contributed by atoms with Crippen LogP contribution < -0.4 is 5.32 Å². The van der Waals surface area contributed by atoms with E-state index < -0.39 is 0 Å². The van der Waals surface area contributed by atoms with Crippen LogP contribution in [0.25, 0.3) is 0 Å². The van der Waals surface area contributed by atoms with Gasteiger partial charge in [-0.3, -0.25) is 0 Å². The Morgan fingerprint density at radius 2 is 1.75 bits per heavy atom. The van der Waals surface area contributed by atoms with E-state index in [0.29, 0.717) is 12.0 Å². The molecular weight excluding hydrogens is 201 g/mol. The van der Waals surface area contributed by atoms with Gasteiger partial charge in [-0.25, -0.2) is 4.39 Å². The lowest BCUT2D eigenvalue weighted by atomic mass is 9.97. The van der Waals surface area contributed by atoms with E-state index in [4.69, 9.17) is 0 Å². The van der Waals surface area contributed by atoms with Crippen LogP contribution in [0, 0.1) is 11.7 Å². The van der Waals surface area contributed by atoms with E-state index in [1.807, 2.05) is 12.1 Å². The lowest BCUT2D eigenvalue weighted by molar-refractivity contribution is 0.448. The molecule has 0 aromatic heterocycles. The highest BCUT2D eigenvalue weighted by atomic mass is 19.1. The lowest BCUT2D eigenvalue weighted by Crippen LogP contribution is -2.21. The van der Waals surface area contributed by atoms with Gasteiger partial charge in [0, 0.05) is 6.04 Å². The number of halogens is 1. The van der Waals surface area contributed by atoms with Crippen LogP contribution in [0.2, 0.25) is 0 Å². The van der Waals surface area contributed by atoms with Crippen molar-refractivity contribution >= 4 is 0 Å². The Labute approximate surface area is 98.1 Å². The molecule has 1 N–H and O–H groups in total. The topological polar surface area (TPSA) is 12.0 Å². The molecule has 1 nitrogen and oxygen atoms in total. The predicted molar refractivity (Wildman–Crippen MR) is 66.9 cm³/mol. The maximum atomic E-state index is 12.8. The third-order valence-corrected chi connectivity index (χ3v) is 2.76. The highest BCUT2D eigenvalue weighted by Gasteiger charge is 2.10. The van der Waals surface area contributed by atoms with Gasteiger partial charge >= 0.3 is 0 Å². The molecule has 0 spiro atoms. The van der Waals surface area contributed by atoms with Crippen LogP contribution in [-0.2, 0) is 0 Å². The molecule has 90 valence electrons. The Kier molecular flexibility index (Phi) is 5.47. The van der Waals surface area contributed by atoms with Crippen molar-refractivity contribution in [1.29, 1.82) is 0 Å². The van der Waals surface area contributed by atoms with Gasteiger partial charge in [-0.05, 0) is 43.0 Å². The van der Waals surface area contributed by atoms with Crippen molar-refractivity contribution in [3.63, 3.8) is 0 Å². The van der Waals surface area contributed by atoms with E-state index in [-0.39, 0.29) is 5.82 Å². The first-order valence-electron chi connectivity index (χ1n) is 6.12. The Balaban J connectivity index is 2.64. The second-order valence-corrected chi connectivity index (χ2v) is 4.63. The van der Waals surface area contributed by atoms with Crippen LogP contribution in [0.1, 0.15) is 45.2 Å². The molecule has 1 aromatic carbocycles. The monoisotopic (exact) mass is 223 g/mol. The molecule has 1 atom stereocenters. The molecule has 0 saturated carbocycles. The molecule has 16 heavy (non-hydrogen) atoms. The van der Waals surface area contributed by atoms with Crippen molar-refractivity contribution in [2.75, 3.05) is 6.54 Å². The van der Waals surface area contributed by atoms with Crippen molar-refractivity contribution in [3.05, 3.63) is 35.6 Å². The first-order valence-corrected chi connectivity index (χ1v) is 6.12. The second kappa shape index (κ2) is 6.64. The normalized spacial score (nSPS) is 13.1. The van der Waals surface area contributed by atoms with Crippen LogP contribution in [0.15, 0.2) is 24.3 Å². The smallest absolute Gasteiger partial charge is 0.123 e. The minimum absolute atomic E-state index is 0.164. The first-order chi connectivity index (χ1) is 7.63. The van der Waals surface area contributed by atoms with Crippen LogP contribution in [-0.4, -0.2) is 6.54 Å². The van der Waals surface area contributed by atoms with Crippen molar-refractivity contribution in [1.82, 2.24) is 5.32 Å². The summed E-state index contributed by atoms with van der Waals surface area (Å²) in [4.78, 5) is 0. The number of nitrogens with one attached hydrogen (secondary N) is 1. The third kappa shape index (κ3) is 4.31. The Morgan fingerprint density at radius 3 is 2.25 bits per heavy atom. The molecule has 0 amide bonds.